The second-order valence-electron chi connectivity index (χ2n) is 8.68. The summed E-state index contributed by atoms with van der Waals surface area (Å²) in [6.45, 7) is 9.19. The third-order valence-corrected chi connectivity index (χ3v) is 6.61. The molecule has 1 saturated heterocycles. The van der Waals surface area contributed by atoms with Gasteiger partial charge in [-0.2, -0.15) is 0 Å². The Balaban J connectivity index is 2.07. The van der Waals surface area contributed by atoms with Gasteiger partial charge in [-0.05, 0) is 38.5 Å². The van der Waals surface area contributed by atoms with Crippen molar-refractivity contribution in [1.29, 1.82) is 0 Å². The van der Waals surface area contributed by atoms with Gasteiger partial charge in [0.05, 0.1) is 32.4 Å². The van der Waals surface area contributed by atoms with Crippen LogP contribution in [0.3, 0.4) is 0 Å². The zero-order valence-corrected chi connectivity index (χ0v) is 22.0. The van der Waals surface area contributed by atoms with Crippen molar-refractivity contribution in [3.8, 4) is 11.5 Å². The number of methoxy groups -OCH3 is 2. The van der Waals surface area contributed by atoms with E-state index in [2.05, 4.69) is 10.2 Å². The second-order valence-corrected chi connectivity index (χ2v) is 8.68. The van der Waals surface area contributed by atoms with E-state index >= 15 is 0 Å². The molecule has 0 bridgehead atoms. The zero-order valence-electron chi connectivity index (χ0n) is 22.0. The number of likely N-dealkylation sites (N-methyl/N-ethyl adjacent to an activating group) is 1. The molecular weight excluding hydrogens is 464 g/mol. The molecule has 1 fully saturated rings. The summed E-state index contributed by atoms with van der Waals surface area (Å²) in [4.78, 5) is 44.6. The summed E-state index contributed by atoms with van der Waals surface area (Å²) in [5, 5.41) is 2.98. The molecule has 3 rings (SSSR count). The highest BCUT2D eigenvalue weighted by Crippen LogP contribution is 2.38. The molecule has 0 unspecified atom stereocenters. The Morgan fingerprint density at radius 3 is 2.47 bits per heavy atom. The molecule has 2 aliphatic heterocycles. The number of amides is 3. The van der Waals surface area contributed by atoms with Crippen LogP contribution in [0.1, 0.15) is 45.2 Å². The topological polar surface area (TPSA) is 101 Å². The summed E-state index contributed by atoms with van der Waals surface area (Å²) >= 11 is 0. The summed E-state index contributed by atoms with van der Waals surface area (Å²) < 4.78 is 16.5. The number of nitrogens with zero attached hydrogens (tertiary/aromatic N) is 3. The van der Waals surface area contributed by atoms with E-state index in [0.717, 1.165) is 13.0 Å². The molecule has 1 N–H and O–H groups in total. The Kier molecular flexibility index (Phi) is 9.58. The average Bonchev–Trinajstić information content (AvgIpc) is 3.13. The summed E-state index contributed by atoms with van der Waals surface area (Å²) in [6.07, 6.45) is 1.30. The second kappa shape index (κ2) is 12.6. The van der Waals surface area contributed by atoms with Gasteiger partial charge in [0, 0.05) is 56.9 Å². The number of hydrogen-bond acceptors (Lipinski definition) is 7. The minimum absolute atomic E-state index is 0.140. The minimum atomic E-state index is -0.774. The van der Waals surface area contributed by atoms with Gasteiger partial charge < -0.3 is 24.4 Å². The summed E-state index contributed by atoms with van der Waals surface area (Å²) in [5.74, 6) is 0.755. The molecule has 3 amide bonds. The van der Waals surface area contributed by atoms with Gasteiger partial charge in [0.1, 0.15) is 11.5 Å². The molecule has 2 heterocycles. The van der Waals surface area contributed by atoms with E-state index in [9.17, 15) is 14.4 Å². The molecule has 2 aliphatic rings. The quantitative estimate of drug-likeness (QED) is 0.518. The van der Waals surface area contributed by atoms with Crippen molar-refractivity contribution >= 4 is 17.9 Å². The molecule has 0 aliphatic carbocycles. The first-order valence-corrected chi connectivity index (χ1v) is 12.6. The molecule has 36 heavy (non-hydrogen) atoms. The Bertz CT molecular complexity index is 995. The number of esters is 1. The largest absolute Gasteiger partial charge is 0.497 e. The van der Waals surface area contributed by atoms with E-state index in [1.807, 2.05) is 18.7 Å². The number of carbonyl (C=O) groups excluding carboxylic acids is 3. The van der Waals surface area contributed by atoms with Crippen molar-refractivity contribution in [1.82, 2.24) is 20.0 Å². The Morgan fingerprint density at radius 1 is 1.06 bits per heavy atom. The fourth-order valence-corrected chi connectivity index (χ4v) is 4.77. The van der Waals surface area contributed by atoms with Gasteiger partial charge in [0.25, 0.3) is 0 Å². The van der Waals surface area contributed by atoms with E-state index in [-0.39, 0.29) is 18.5 Å². The van der Waals surface area contributed by atoms with Crippen LogP contribution in [-0.2, 0) is 14.3 Å². The fourth-order valence-electron chi connectivity index (χ4n) is 4.77. The van der Waals surface area contributed by atoms with E-state index in [0.29, 0.717) is 67.5 Å². The summed E-state index contributed by atoms with van der Waals surface area (Å²) in [6, 6.07) is 4.21. The maximum absolute atomic E-state index is 13.4. The third kappa shape index (κ3) is 5.92. The van der Waals surface area contributed by atoms with Crippen LogP contribution >= 0.6 is 0 Å². The molecule has 1 aromatic carbocycles. The van der Waals surface area contributed by atoms with Gasteiger partial charge in [-0.3, -0.25) is 14.6 Å². The Hall–Kier alpha value is -3.27. The van der Waals surface area contributed by atoms with Crippen LogP contribution in [0, 0.1) is 0 Å². The lowest BCUT2D eigenvalue weighted by atomic mass is 9.93. The minimum Gasteiger partial charge on any atom is -0.497 e. The SMILES string of the molecule is CCOC(=O)C1=C(CN2CCCN(C(=O)CC)CC2)N(CC)C(=O)N[C@@H]1c1cc(OC)ccc1OC. The molecule has 1 aromatic rings. The third-order valence-electron chi connectivity index (χ3n) is 6.61. The van der Waals surface area contributed by atoms with Crippen LogP contribution in [0.5, 0.6) is 11.5 Å². The van der Waals surface area contributed by atoms with E-state index < -0.39 is 12.0 Å². The van der Waals surface area contributed by atoms with Gasteiger partial charge in [-0.15, -0.1) is 0 Å². The normalized spacial score (nSPS) is 19.0. The zero-order chi connectivity index (χ0) is 26.2. The average molecular weight is 503 g/mol. The number of benzene rings is 1. The van der Waals surface area contributed by atoms with Crippen LogP contribution in [0.25, 0.3) is 0 Å². The van der Waals surface area contributed by atoms with Gasteiger partial charge in [-0.1, -0.05) is 6.92 Å². The number of ether oxygens (including phenoxy) is 3. The van der Waals surface area contributed by atoms with Crippen molar-refractivity contribution in [2.24, 2.45) is 0 Å². The van der Waals surface area contributed by atoms with Crippen LogP contribution in [0.15, 0.2) is 29.5 Å². The number of hydrogen-bond donors (Lipinski definition) is 1. The van der Waals surface area contributed by atoms with Crippen LogP contribution in [0.4, 0.5) is 4.79 Å². The van der Waals surface area contributed by atoms with Crippen molar-refractivity contribution in [3.05, 3.63) is 35.0 Å². The standard InChI is InChI=1S/C26H38N4O6/c1-6-22(31)29-13-9-12-28(14-15-29)17-20-23(25(32)36-8-3)24(27-26(33)30(20)7-2)19-16-18(34-4)10-11-21(19)35-5/h10-11,16,24H,6-9,12-15,17H2,1-5H3,(H,27,33)/t24-/m1/s1. The lowest BCUT2D eigenvalue weighted by Crippen LogP contribution is -2.51. The van der Waals surface area contributed by atoms with Crippen LogP contribution in [0.2, 0.25) is 0 Å². The lowest BCUT2D eigenvalue weighted by molar-refractivity contribution is -0.139. The predicted molar refractivity (Wildman–Crippen MR) is 135 cm³/mol. The molecule has 0 aromatic heterocycles. The molecule has 198 valence electrons. The van der Waals surface area contributed by atoms with Gasteiger partial charge >= 0.3 is 12.0 Å². The smallest absolute Gasteiger partial charge is 0.338 e. The van der Waals surface area contributed by atoms with E-state index in [1.165, 1.54) is 0 Å². The first-order valence-electron chi connectivity index (χ1n) is 12.6. The van der Waals surface area contributed by atoms with E-state index in [1.54, 1.807) is 44.2 Å². The number of nitrogens with one attached hydrogen (secondary N) is 1. The van der Waals surface area contributed by atoms with Crippen molar-refractivity contribution in [3.63, 3.8) is 0 Å². The predicted octanol–water partition coefficient (Wildman–Crippen LogP) is 2.55. The van der Waals surface area contributed by atoms with Gasteiger partial charge in [0.2, 0.25) is 5.91 Å². The molecule has 0 radical (unpaired) electrons. The molecule has 0 saturated carbocycles. The number of carbonyl (C=O) groups is 3. The first-order chi connectivity index (χ1) is 17.4. The van der Waals surface area contributed by atoms with Crippen molar-refractivity contribution < 1.29 is 28.6 Å². The maximum Gasteiger partial charge on any atom is 0.338 e. The van der Waals surface area contributed by atoms with Crippen molar-refractivity contribution in [2.45, 2.75) is 39.7 Å². The monoisotopic (exact) mass is 502 g/mol. The molecule has 1 atom stereocenters. The highest BCUT2D eigenvalue weighted by molar-refractivity contribution is 5.95. The van der Waals surface area contributed by atoms with E-state index in [4.69, 9.17) is 14.2 Å². The Labute approximate surface area is 213 Å². The van der Waals surface area contributed by atoms with Crippen LogP contribution in [-0.4, -0.2) is 92.7 Å². The lowest BCUT2D eigenvalue weighted by Gasteiger charge is -2.38. The summed E-state index contributed by atoms with van der Waals surface area (Å²) in [7, 11) is 3.10. The molecule has 0 spiro atoms. The van der Waals surface area contributed by atoms with Crippen molar-refractivity contribution in [2.75, 3.05) is 60.1 Å². The number of urea groups is 1. The summed E-state index contributed by atoms with van der Waals surface area (Å²) in [5.41, 5.74) is 1.58. The first kappa shape index (κ1) is 27.3. The molecule has 10 nitrogen and oxygen atoms in total. The van der Waals surface area contributed by atoms with Gasteiger partial charge in [0.15, 0.2) is 0 Å². The highest BCUT2D eigenvalue weighted by atomic mass is 16.5. The Morgan fingerprint density at radius 2 is 1.83 bits per heavy atom. The number of rotatable bonds is 9. The molecular formula is C26H38N4O6. The fraction of sp³-hybridized carbons (Fsp3) is 0.577. The highest BCUT2D eigenvalue weighted by Gasteiger charge is 2.39. The maximum atomic E-state index is 13.4. The molecule has 10 heteroatoms. The van der Waals surface area contributed by atoms with Gasteiger partial charge in [-0.25, -0.2) is 9.59 Å². The van der Waals surface area contributed by atoms with Crippen LogP contribution < -0.4 is 14.8 Å².